The lowest BCUT2D eigenvalue weighted by molar-refractivity contribution is 0.729. The van der Waals surface area contributed by atoms with Gasteiger partial charge >= 0.3 is 0 Å². The van der Waals surface area contributed by atoms with E-state index in [1.165, 1.54) is 0 Å². The molecule has 0 saturated heterocycles. The molecule has 0 aliphatic carbocycles. The van der Waals surface area contributed by atoms with Crippen molar-refractivity contribution in [1.29, 1.82) is 0 Å². The zero-order valence-electron chi connectivity index (χ0n) is 9.18. The van der Waals surface area contributed by atoms with Crippen LogP contribution in [0.2, 0.25) is 0 Å². The van der Waals surface area contributed by atoms with E-state index in [4.69, 9.17) is 0 Å². The van der Waals surface area contributed by atoms with Crippen molar-refractivity contribution in [2.24, 2.45) is 0 Å². The lowest BCUT2D eigenvalue weighted by Gasteiger charge is -2.04. The molecule has 0 aliphatic rings. The molecule has 0 aromatic carbocycles. The number of hydrogen-bond acceptors (Lipinski definition) is 4. The number of aromatic nitrogens is 5. The third-order valence-corrected chi connectivity index (χ3v) is 2.81. The van der Waals surface area contributed by atoms with Crippen LogP contribution in [0.25, 0.3) is 5.95 Å². The maximum absolute atomic E-state index is 4.47. The van der Waals surface area contributed by atoms with Crippen LogP contribution in [0, 0.1) is 3.57 Å². The van der Waals surface area contributed by atoms with Crippen LogP contribution in [0.4, 0.5) is 0 Å². The van der Waals surface area contributed by atoms with Crippen LogP contribution in [0.1, 0.15) is 25.2 Å². The summed E-state index contributed by atoms with van der Waals surface area (Å²) in [7, 11) is 0. The lowest BCUT2D eigenvalue weighted by atomic mass is 10.2. The zero-order valence-corrected chi connectivity index (χ0v) is 11.3. The number of rotatable bonds is 3. The summed E-state index contributed by atoms with van der Waals surface area (Å²) in [5.41, 5.74) is 1.96. The molecule has 0 spiro atoms. The highest BCUT2D eigenvalue weighted by molar-refractivity contribution is 14.1. The van der Waals surface area contributed by atoms with E-state index in [1.54, 1.807) is 10.9 Å². The molecule has 2 heterocycles. The average molecular weight is 329 g/mol. The highest BCUT2D eigenvalue weighted by Gasteiger charge is 2.08. The topological polar surface area (TPSA) is 56.5 Å². The second kappa shape index (κ2) is 4.86. The zero-order chi connectivity index (χ0) is 11.5. The van der Waals surface area contributed by atoms with E-state index in [2.05, 4.69) is 56.7 Å². The van der Waals surface area contributed by atoms with Crippen molar-refractivity contribution in [2.75, 3.05) is 0 Å². The molecule has 0 amide bonds. The Hall–Kier alpha value is -1.05. The smallest absolute Gasteiger partial charge is 0.213 e. The van der Waals surface area contributed by atoms with Crippen LogP contribution in [-0.2, 0) is 12.8 Å². The van der Waals surface area contributed by atoms with Gasteiger partial charge < -0.3 is 0 Å². The van der Waals surface area contributed by atoms with Gasteiger partial charge in [-0.25, -0.2) is 9.67 Å². The Morgan fingerprint density at radius 1 is 1.19 bits per heavy atom. The van der Waals surface area contributed by atoms with E-state index >= 15 is 0 Å². The fourth-order valence-corrected chi connectivity index (χ4v) is 1.82. The quantitative estimate of drug-likeness (QED) is 0.806. The molecule has 6 heteroatoms. The summed E-state index contributed by atoms with van der Waals surface area (Å²) in [6, 6.07) is 0. The second-order valence-electron chi connectivity index (χ2n) is 3.32. The molecular weight excluding hydrogens is 317 g/mol. The Kier molecular flexibility index (Phi) is 3.47. The Morgan fingerprint density at radius 3 is 2.50 bits per heavy atom. The number of halogens is 1. The van der Waals surface area contributed by atoms with Crippen LogP contribution < -0.4 is 0 Å². The van der Waals surface area contributed by atoms with Gasteiger partial charge in [0.1, 0.15) is 0 Å². The molecular formula is C10H12IN5. The summed E-state index contributed by atoms with van der Waals surface area (Å²) < 4.78 is 2.70. The van der Waals surface area contributed by atoms with Crippen LogP contribution >= 0.6 is 22.6 Å². The minimum atomic E-state index is 0.539. The summed E-state index contributed by atoms with van der Waals surface area (Å²) in [5, 5.41) is 12.4. The summed E-state index contributed by atoms with van der Waals surface area (Å²) in [6.07, 6.45) is 5.37. The minimum absolute atomic E-state index is 0.539. The maximum atomic E-state index is 4.47. The standard InChI is InChI=1S/C10H12IN5/c1-3-8-9(4-2)14-15-10(13-8)16-6-7(11)5-12-16/h5-6H,3-4H2,1-2H3. The molecule has 0 bridgehead atoms. The fraction of sp³-hybridized carbons (Fsp3) is 0.400. The number of aryl methyl sites for hydroxylation is 2. The largest absolute Gasteiger partial charge is 0.270 e. The molecule has 0 fully saturated rings. The van der Waals surface area contributed by atoms with Crippen molar-refractivity contribution in [3.05, 3.63) is 27.4 Å². The van der Waals surface area contributed by atoms with E-state index in [0.717, 1.165) is 27.8 Å². The molecule has 2 rings (SSSR count). The Bertz CT molecular complexity index is 494. The predicted octanol–water partition coefficient (Wildman–Crippen LogP) is 1.79. The third-order valence-electron chi connectivity index (χ3n) is 2.25. The third kappa shape index (κ3) is 2.21. The van der Waals surface area contributed by atoms with Gasteiger partial charge in [-0.2, -0.15) is 5.10 Å². The number of nitrogens with zero attached hydrogens (tertiary/aromatic N) is 5. The van der Waals surface area contributed by atoms with Gasteiger partial charge in [0.2, 0.25) is 0 Å². The first-order chi connectivity index (χ1) is 7.74. The van der Waals surface area contributed by atoms with Crippen LogP contribution in [0.3, 0.4) is 0 Å². The predicted molar refractivity (Wildman–Crippen MR) is 68.4 cm³/mol. The fourth-order valence-electron chi connectivity index (χ4n) is 1.44. The molecule has 0 N–H and O–H groups in total. The molecule has 0 saturated carbocycles. The van der Waals surface area contributed by atoms with Crippen molar-refractivity contribution in [3.63, 3.8) is 0 Å². The minimum Gasteiger partial charge on any atom is -0.213 e. The van der Waals surface area contributed by atoms with E-state index in [-0.39, 0.29) is 0 Å². The van der Waals surface area contributed by atoms with Crippen LogP contribution in [0.15, 0.2) is 12.4 Å². The van der Waals surface area contributed by atoms with E-state index in [1.807, 2.05) is 6.20 Å². The molecule has 0 radical (unpaired) electrons. The molecule has 16 heavy (non-hydrogen) atoms. The SMILES string of the molecule is CCc1nnc(-n2cc(I)cn2)nc1CC. The van der Waals surface area contributed by atoms with Crippen molar-refractivity contribution in [2.45, 2.75) is 26.7 Å². The first kappa shape index (κ1) is 11.4. The summed E-state index contributed by atoms with van der Waals surface area (Å²) >= 11 is 2.20. The van der Waals surface area contributed by atoms with E-state index in [9.17, 15) is 0 Å². The number of hydrogen-bond donors (Lipinski definition) is 0. The van der Waals surface area contributed by atoms with Crippen molar-refractivity contribution < 1.29 is 0 Å². The average Bonchev–Trinajstić information content (AvgIpc) is 2.75. The highest BCUT2D eigenvalue weighted by atomic mass is 127. The van der Waals surface area contributed by atoms with Gasteiger partial charge in [0.15, 0.2) is 0 Å². The van der Waals surface area contributed by atoms with E-state index < -0.39 is 0 Å². The van der Waals surface area contributed by atoms with Gasteiger partial charge in [-0.1, -0.05) is 13.8 Å². The monoisotopic (exact) mass is 329 g/mol. The maximum Gasteiger partial charge on any atom is 0.270 e. The molecule has 0 atom stereocenters. The van der Waals surface area contributed by atoms with Crippen LogP contribution in [-0.4, -0.2) is 25.0 Å². The Labute approximate surface area is 107 Å². The summed E-state index contributed by atoms with van der Waals surface area (Å²) in [4.78, 5) is 4.47. The van der Waals surface area contributed by atoms with Gasteiger partial charge in [0.25, 0.3) is 5.95 Å². The normalized spacial score (nSPS) is 10.7. The molecule has 5 nitrogen and oxygen atoms in total. The van der Waals surface area contributed by atoms with Gasteiger partial charge in [0, 0.05) is 6.20 Å². The molecule has 84 valence electrons. The van der Waals surface area contributed by atoms with Crippen LogP contribution in [0.5, 0.6) is 0 Å². The highest BCUT2D eigenvalue weighted by Crippen LogP contribution is 2.08. The first-order valence-corrected chi connectivity index (χ1v) is 6.25. The van der Waals surface area contributed by atoms with Gasteiger partial charge in [-0.15, -0.1) is 10.2 Å². The van der Waals surface area contributed by atoms with Gasteiger partial charge in [0.05, 0.1) is 21.2 Å². The van der Waals surface area contributed by atoms with Crippen molar-refractivity contribution in [3.8, 4) is 5.95 Å². The molecule has 2 aromatic heterocycles. The van der Waals surface area contributed by atoms with Gasteiger partial charge in [-0.3, -0.25) is 0 Å². The van der Waals surface area contributed by atoms with Gasteiger partial charge in [-0.05, 0) is 35.4 Å². The Balaban J connectivity index is 2.43. The lowest BCUT2D eigenvalue weighted by Crippen LogP contribution is -2.09. The summed E-state index contributed by atoms with van der Waals surface area (Å²) in [6.45, 7) is 4.13. The van der Waals surface area contributed by atoms with E-state index in [0.29, 0.717) is 5.95 Å². The molecule has 0 aliphatic heterocycles. The molecule has 0 unspecified atom stereocenters. The second-order valence-corrected chi connectivity index (χ2v) is 4.56. The van der Waals surface area contributed by atoms with Crippen molar-refractivity contribution >= 4 is 22.6 Å². The molecule has 2 aromatic rings. The first-order valence-electron chi connectivity index (χ1n) is 5.17. The van der Waals surface area contributed by atoms with Crippen molar-refractivity contribution in [1.82, 2.24) is 25.0 Å². The Morgan fingerprint density at radius 2 is 1.94 bits per heavy atom. The summed E-state index contributed by atoms with van der Waals surface area (Å²) in [5.74, 6) is 0.539.